The molecule has 1 atom stereocenters. The lowest BCUT2D eigenvalue weighted by Crippen LogP contribution is -2.47. The van der Waals surface area contributed by atoms with Crippen LogP contribution in [-0.2, 0) is 20.8 Å². The number of nitrogens with one attached hydrogen (secondary N) is 2. The molecule has 0 saturated carbocycles. The van der Waals surface area contributed by atoms with Gasteiger partial charge in [-0.3, -0.25) is 29.4 Å². The second-order valence-electron chi connectivity index (χ2n) is 14.7. The highest BCUT2D eigenvalue weighted by atomic mass is 35.5. The Morgan fingerprint density at radius 3 is 2.29 bits per heavy atom. The number of methoxy groups -OCH3 is 1. The summed E-state index contributed by atoms with van der Waals surface area (Å²) in [5.74, 6) is -0.649. The molecule has 4 aromatic rings. The molecule has 3 saturated heterocycles. The van der Waals surface area contributed by atoms with Gasteiger partial charge in [0.1, 0.15) is 17.3 Å². The molecule has 3 aliphatic heterocycles. The number of amides is 4. The third kappa shape index (κ3) is 9.30. The van der Waals surface area contributed by atoms with E-state index < -0.39 is 11.7 Å². The number of anilines is 1. The molecule has 3 aliphatic rings. The fourth-order valence-corrected chi connectivity index (χ4v) is 7.93. The fourth-order valence-electron chi connectivity index (χ4n) is 7.60. The third-order valence-corrected chi connectivity index (χ3v) is 11.1. The summed E-state index contributed by atoms with van der Waals surface area (Å²) >= 11 is 6.58. The monoisotopic (exact) mass is 772 g/mol. The average Bonchev–Trinajstić information content (AvgIpc) is 3.64. The molecule has 1 unspecified atom stereocenters. The molecule has 0 bridgehead atoms. The molecule has 11 nitrogen and oxygen atoms in total. The van der Waals surface area contributed by atoms with Crippen molar-refractivity contribution in [3.05, 3.63) is 82.3 Å². The number of piperazine rings is 1. The number of nitrogens with zero attached hydrogens (tertiary/aromatic N) is 4. The molecule has 55 heavy (non-hydrogen) atoms. The van der Waals surface area contributed by atoms with E-state index in [2.05, 4.69) is 26.2 Å². The lowest BCUT2D eigenvalue weighted by Gasteiger charge is -2.36. The predicted octanol–water partition coefficient (Wildman–Crippen LogP) is 6.24. The van der Waals surface area contributed by atoms with E-state index in [1.807, 2.05) is 35.2 Å². The minimum atomic E-state index is -0.419. The first-order valence-corrected chi connectivity index (χ1v) is 19.4. The number of hydrogen-bond acceptors (Lipinski definition) is 7. The van der Waals surface area contributed by atoms with E-state index in [1.165, 1.54) is 30.2 Å². The summed E-state index contributed by atoms with van der Waals surface area (Å²) in [5, 5.41) is 3.59. The fraction of sp³-hybridized carbons (Fsp3) is 0.429. The van der Waals surface area contributed by atoms with Crippen molar-refractivity contribution in [1.82, 2.24) is 25.0 Å². The number of benzene rings is 3. The number of piperidine rings is 2. The summed E-state index contributed by atoms with van der Waals surface area (Å²) in [5.41, 5.74) is 5.14. The number of fused-ring (bicyclic) bond motifs is 1. The maximum absolute atomic E-state index is 14.7. The summed E-state index contributed by atoms with van der Waals surface area (Å²) < 4.78 is 20.5. The van der Waals surface area contributed by atoms with Gasteiger partial charge in [0.2, 0.25) is 17.7 Å². The van der Waals surface area contributed by atoms with Gasteiger partial charge in [0.25, 0.3) is 5.91 Å². The van der Waals surface area contributed by atoms with Gasteiger partial charge in [-0.15, -0.1) is 0 Å². The zero-order valence-electron chi connectivity index (χ0n) is 32.1. The highest BCUT2D eigenvalue weighted by molar-refractivity contribution is 6.31. The molecule has 3 fully saturated rings. The smallest absolute Gasteiger partial charge is 0.269 e. The Balaban J connectivity index is 0.000000502. The normalized spacial score (nSPS) is 17.7. The second-order valence-corrected chi connectivity index (χ2v) is 15.1. The van der Waals surface area contributed by atoms with Crippen molar-refractivity contribution in [2.45, 2.75) is 51.4 Å². The molecular weight excluding hydrogens is 723 g/mol. The number of aromatic nitrogens is 1. The molecule has 0 spiro atoms. The Morgan fingerprint density at radius 2 is 1.65 bits per heavy atom. The minimum absolute atomic E-state index is 0.227. The van der Waals surface area contributed by atoms with Gasteiger partial charge < -0.3 is 24.4 Å². The Bertz CT molecular complexity index is 2050. The number of carbonyl (C=O) groups is 4. The van der Waals surface area contributed by atoms with Gasteiger partial charge in [-0.2, -0.15) is 0 Å². The zero-order valence-corrected chi connectivity index (χ0v) is 32.8. The largest absolute Gasteiger partial charge is 0.496 e. The first-order valence-electron chi connectivity index (χ1n) is 19.0. The van der Waals surface area contributed by atoms with Crippen LogP contribution in [0, 0.1) is 5.82 Å². The number of aromatic amines is 1. The van der Waals surface area contributed by atoms with Crippen molar-refractivity contribution >= 4 is 51.8 Å². The van der Waals surface area contributed by atoms with E-state index in [1.54, 1.807) is 40.3 Å². The topological polar surface area (TPSA) is 118 Å². The molecular formula is C42H50ClFN6O5. The first-order chi connectivity index (χ1) is 26.4. The van der Waals surface area contributed by atoms with Crippen LogP contribution in [0.1, 0.15) is 66.6 Å². The third-order valence-electron chi connectivity index (χ3n) is 10.8. The summed E-state index contributed by atoms with van der Waals surface area (Å²) in [6.45, 7) is 8.00. The molecule has 0 radical (unpaired) electrons. The van der Waals surface area contributed by atoms with E-state index in [0.29, 0.717) is 34.7 Å². The van der Waals surface area contributed by atoms with Crippen molar-refractivity contribution in [2.75, 3.05) is 71.9 Å². The van der Waals surface area contributed by atoms with Crippen LogP contribution in [0.15, 0.2) is 54.6 Å². The number of ether oxygens (including phenoxy) is 1. The predicted molar refractivity (Wildman–Crippen MR) is 213 cm³/mol. The van der Waals surface area contributed by atoms with Crippen molar-refractivity contribution in [3.8, 4) is 16.9 Å². The number of likely N-dealkylation sites (tertiary alicyclic amines) is 1. The maximum atomic E-state index is 14.7. The molecule has 292 valence electrons. The van der Waals surface area contributed by atoms with Gasteiger partial charge in [-0.05, 0) is 79.1 Å². The van der Waals surface area contributed by atoms with Gasteiger partial charge in [-0.25, -0.2) is 4.39 Å². The molecule has 13 heteroatoms. The van der Waals surface area contributed by atoms with Crippen molar-refractivity contribution < 1.29 is 28.3 Å². The van der Waals surface area contributed by atoms with Crippen LogP contribution < -0.4 is 15.0 Å². The molecule has 3 aromatic carbocycles. The molecule has 7 rings (SSSR count). The average molecular weight is 773 g/mol. The molecule has 0 aliphatic carbocycles. The van der Waals surface area contributed by atoms with Crippen LogP contribution in [0.5, 0.6) is 5.75 Å². The SMILES string of the molecule is CC(=O)N1CCCCC1.COc1cc(N2CCN(CCc3ccc(C4CCC(=O)NC4=O)c(Cl)c3)CC2)ccc1-c1ccc(F)c2[nH]c(C(=O)N(C)C)cc12. The van der Waals surface area contributed by atoms with Crippen molar-refractivity contribution in [3.63, 3.8) is 0 Å². The quantitative estimate of drug-likeness (QED) is 0.204. The number of rotatable bonds is 8. The summed E-state index contributed by atoms with van der Waals surface area (Å²) in [6, 6.07) is 16.8. The van der Waals surface area contributed by atoms with E-state index >= 15 is 0 Å². The van der Waals surface area contributed by atoms with Crippen molar-refractivity contribution in [2.24, 2.45) is 0 Å². The number of imide groups is 1. The van der Waals surface area contributed by atoms with Crippen LogP contribution in [-0.4, -0.2) is 110 Å². The van der Waals surface area contributed by atoms with Crippen LogP contribution in [0.3, 0.4) is 0 Å². The van der Waals surface area contributed by atoms with Crippen LogP contribution >= 0.6 is 11.6 Å². The standard InChI is InChI=1S/C35H37ClFN5O4.C7H13NO/c1-40(2)35(45)30-20-27-23(8-10-29(37)33(27)38-30)25-7-5-22(19-31(25)46-3)42-16-14-41(15-17-42)13-12-21-4-6-24(28(36)18-21)26-9-11-32(43)39-34(26)44;1-7(9)8-5-3-2-4-6-8/h4-8,10,18-20,26,38H,9,11-17H2,1-3H3,(H,39,43,44);2-6H2,1H3. The van der Waals surface area contributed by atoms with Gasteiger partial charge in [0.05, 0.1) is 18.5 Å². The second kappa shape index (κ2) is 17.7. The number of carbonyl (C=O) groups excluding carboxylic acids is 4. The molecule has 2 N–H and O–H groups in total. The summed E-state index contributed by atoms with van der Waals surface area (Å²) in [4.78, 5) is 58.2. The highest BCUT2D eigenvalue weighted by Gasteiger charge is 2.29. The van der Waals surface area contributed by atoms with Gasteiger partial charge in [0, 0.05) is 101 Å². The van der Waals surface area contributed by atoms with E-state index in [9.17, 15) is 23.6 Å². The Hall–Kier alpha value is -4.94. The Labute approximate surface area is 326 Å². The number of hydrogen-bond donors (Lipinski definition) is 2. The zero-order chi connectivity index (χ0) is 39.2. The first kappa shape index (κ1) is 39.7. The lowest BCUT2D eigenvalue weighted by molar-refractivity contribution is -0.134. The van der Waals surface area contributed by atoms with Crippen LogP contribution in [0.2, 0.25) is 5.02 Å². The molecule has 4 amide bonds. The van der Waals surface area contributed by atoms with Crippen molar-refractivity contribution in [1.29, 1.82) is 0 Å². The Kier molecular flexibility index (Phi) is 12.8. The van der Waals surface area contributed by atoms with E-state index in [4.69, 9.17) is 16.3 Å². The van der Waals surface area contributed by atoms with Crippen LogP contribution in [0.25, 0.3) is 22.0 Å². The molecule has 1 aromatic heterocycles. The highest BCUT2D eigenvalue weighted by Crippen LogP contribution is 2.39. The summed E-state index contributed by atoms with van der Waals surface area (Å²) in [7, 11) is 4.95. The minimum Gasteiger partial charge on any atom is -0.496 e. The summed E-state index contributed by atoms with van der Waals surface area (Å²) in [6.07, 6.45) is 5.32. The van der Waals surface area contributed by atoms with E-state index in [0.717, 1.165) is 80.2 Å². The van der Waals surface area contributed by atoms with Gasteiger partial charge in [-0.1, -0.05) is 29.8 Å². The maximum Gasteiger partial charge on any atom is 0.269 e. The van der Waals surface area contributed by atoms with Gasteiger partial charge in [0.15, 0.2) is 0 Å². The lowest BCUT2D eigenvalue weighted by atomic mass is 9.89. The van der Waals surface area contributed by atoms with Crippen LogP contribution in [0.4, 0.5) is 10.1 Å². The number of H-pyrrole nitrogens is 1. The number of halogens is 2. The van der Waals surface area contributed by atoms with E-state index in [-0.39, 0.29) is 29.1 Å². The Morgan fingerprint density at radius 1 is 0.927 bits per heavy atom. The van der Waals surface area contributed by atoms with Gasteiger partial charge >= 0.3 is 0 Å². The molecule has 4 heterocycles.